The molecule has 140 valence electrons. The molecule has 4 heteroatoms. The van der Waals surface area contributed by atoms with Gasteiger partial charge in [-0.15, -0.1) is 0 Å². The lowest BCUT2D eigenvalue weighted by molar-refractivity contribution is -0.121. The molecule has 2 aromatic rings. The van der Waals surface area contributed by atoms with Gasteiger partial charge in [-0.25, -0.2) is 0 Å². The van der Waals surface area contributed by atoms with Gasteiger partial charge in [0.2, 0.25) is 5.91 Å². The zero-order chi connectivity index (χ0) is 19.0. The van der Waals surface area contributed by atoms with E-state index < -0.39 is 5.41 Å². The number of aliphatic hydroxyl groups excluding tert-OH is 1. The van der Waals surface area contributed by atoms with Crippen molar-refractivity contribution in [2.45, 2.75) is 44.6 Å². The van der Waals surface area contributed by atoms with Crippen LogP contribution in [0.1, 0.15) is 47.9 Å². The standard InChI is InChI=1S/C23H25NO3/c1-15-16(14-25)8-13-20-21(15)24-22(27)23(20,17-6-4-2-3-5-7-17)18-9-11-19(26)12-10-18/h2-3,8-13,17,25-26H,4-7,14H2,1H3,(H,24,27). The third-order valence-electron chi connectivity index (χ3n) is 6.23. The molecule has 0 radical (unpaired) electrons. The second kappa shape index (κ2) is 6.86. The molecule has 0 bridgehead atoms. The van der Waals surface area contributed by atoms with Gasteiger partial charge in [0, 0.05) is 5.69 Å². The minimum Gasteiger partial charge on any atom is -0.508 e. The average Bonchev–Trinajstić information content (AvgIpc) is 2.83. The Hall–Kier alpha value is -2.59. The molecule has 3 N–H and O–H groups in total. The van der Waals surface area contributed by atoms with Crippen LogP contribution in [0.3, 0.4) is 0 Å². The molecule has 1 unspecified atom stereocenters. The van der Waals surface area contributed by atoms with Gasteiger partial charge in [-0.3, -0.25) is 4.79 Å². The monoisotopic (exact) mass is 363 g/mol. The molecular weight excluding hydrogens is 338 g/mol. The molecule has 0 spiro atoms. The van der Waals surface area contributed by atoms with Crippen molar-refractivity contribution in [1.29, 1.82) is 0 Å². The normalized spacial score (nSPS) is 22.4. The fraction of sp³-hybridized carbons (Fsp3) is 0.348. The number of carbonyl (C=O) groups excluding carboxylic acids is 1. The van der Waals surface area contributed by atoms with Crippen molar-refractivity contribution in [3.05, 3.63) is 70.8 Å². The van der Waals surface area contributed by atoms with E-state index in [0.29, 0.717) is 0 Å². The Bertz CT molecular complexity index is 891. The molecule has 2 aliphatic rings. The van der Waals surface area contributed by atoms with Gasteiger partial charge >= 0.3 is 0 Å². The second-order valence-corrected chi connectivity index (χ2v) is 7.56. The predicted octanol–water partition coefficient (Wildman–Crippen LogP) is 4.18. The van der Waals surface area contributed by atoms with Gasteiger partial charge in [0.25, 0.3) is 0 Å². The SMILES string of the molecule is Cc1c(CO)ccc2c1NC(=O)C2(c1ccc(O)cc1)C1CCC=CCC1. The van der Waals surface area contributed by atoms with E-state index in [2.05, 4.69) is 17.5 Å². The van der Waals surface area contributed by atoms with E-state index in [0.717, 1.165) is 53.6 Å². The zero-order valence-corrected chi connectivity index (χ0v) is 15.5. The van der Waals surface area contributed by atoms with Crippen molar-refractivity contribution in [2.24, 2.45) is 5.92 Å². The van der Waals surface area contributed by atoms with Gasteiger partial charge in [0.05, 0.1) is 6.61 Å². The maximum Gasteiger partial charge on any atom is 0.239 e. The highest BCUT2D eigenvalue weighted by Gasteiger charge is 2.53. The first kappa shape index (κ1) is 17.8. The van der Waals surface area contributed by atoms with Crippen LogP contribution in [0.25, 0.3) is 0 Å². The van der Waals surface area contributed by atoms with Crippen molar-refractivity contribution >= 4 is 11.6 Å². The Morgan fingerprint density at radius 2 is 1.74 bits per heavy atom. The summed E-state index contributed by atoms with van der Waals surface area (Å²) >= 11 is 0. The Labute approximate surface area is 159 Å². The summed E-state index contributed by atoms with van der Waals surface area (Å²) in [7, 11) is 0. The Kier molecular flexibility index (Phi) is 4.52. The maximum atomic E-state index is 13.5. The predicted molar refractivity (Wildman–Crippen MR) is 106 cm³/mol. The van der Waals surface area contributed by atoms with E-state index in [1.165, 1.54) is 0 Å². The summed E-state index contributed by atoms with van der Waals surface area (Å²) in [5.74, 6) is 0.354. The molecule has 4 rings (SSSR count). The number of amides is 1. The summed E-state index contributed by atoms with van der Waals surface area (Å²) in [6.45, 7) is 1.90. The number of fused-ring (bicyclic) bond motifs is 1. The number of rotatable bonds is 3. The molecule has 0 saturated heterocycles. The van der Waals surface area contributed by atoms with Crippen LogP contribution in [-0.2, 0) is 16.8 Å². The van der Waals surface area contributed by atoms with Gasteiger partial charge in [0.1, 0.15) is 11.2 Å². The first-order chi connectivity index (χ1) is 13.1. The smallest absolute Gasteiger partial charge is 0.239 e. The third kappa shape index (κ3) is 2.67. The minimum absolute atomic E-state index is 0.00622. The topological polar surface area (TPSA) is 69.6 Å². The quantitative estimate of drug-likeness (QED) is 0.717. The Morgan fingerprint density at radius 1 is 1.07 bits per heavy atom. The van der Waals surface area contributed by atoms with E-state index in [1.807, 2.05) is 31.2 Å². The van der Waals surface area contributed by atoms with Crippen LogP contribution in [0.2, 0.25) is 0 Å². The van der Waals surface area contributed by atoms with Crippen LogP contribution in [0.4, 0.5) is 5.69 Å². The summed E-state index contributed by atoms with van der Waals surface area (Å²) in [4.78, 5) is 13.5. The van der Waals surface area contributed by atoms with E-state index in [9.17, 15) is 15.0 Å². The second-order valence-electron chi connectivity index (χ2n) is 7.56. The number of benzene rings is 2. The van der Waals surface area contributed by atoms with Gasteiger partial charge in [0.15, 0.2) is 0 Å². The van der Waals surface area contributed by atoms with E-state index >= 15 is 0 Å². The van der Waals surface area contributed by atoms with E-state index in [1.54, 1.807) is 12.1 Å². The summed E-state index contributed by atoms with van der Waals surface area (Å²) in [6, 6.07) is 11.0. The number of carbonyl (C=O) groups is 1. The average molecular weight is 363 g/mol. The van der Waals surface area contributed by atoms with Crippen LogP contribution in [-0.4, -0.2) is 16.1 Å². The summed E-state index contributed by atoms with van der Waals surface area (Å²) in [5.41, 5.74) is 3.72. The summed E-state index contributed by atoms with van der Waals surface area (Å²) < 4.78 is 0. The van der Waals surface area contributed by atoms with Gasteiger partial charge in [-0.05, 0) is 72.9 Å². The van der Waals surface area contributed by atoms with E-state index in [4.69, 9.17) is 0 Å². The highest BCUT2D eigenvalue weighted by Crippen LogP contribution is 2.52. The van der Waals surface area contributed by atoms with Crippen molar-refractivity contribution in [2.75, 3.05) is 5.32 Å². The molecule has 1 aliphatic carbocycles. The Balaban J connectivity index is 1.96. The van der Waals surface area contributed by atoms with Crippen molar-refractivity contribution < 1.29 is 15.0 Å². The highest BCUT2D eigenvalue weighted by molar-refractivity contribution is 6.09. The fourth-order valence-electron chi connectivity index (χ4n) is 4.81. The number of aliphatic hydroxyl groups is 1. The van der Waals surface area contributed by atoms with Crippen molar-refractivity contribution in [3.8, 4) is 5.75 Å². The first-order valence-corrected chi connectivity index (χ1v) is 9.58. The number of nitrogens with one attached hydrogen (secondary N) is 1. The highest BCUT2D eigenvalue weighted by atomic mass is 16.3. The molecule has 0 saturated carbocycles. The van der Waals surface area contributed by atoms with Crippen LogP contribution in [0.15, 0.2) is 48.6 Å². The number of aromatic hydroxyl groups is 1. The van der Waals surface area contributed by atoms with Crippen LogP contribution >= 0.6 is 0 Å². The Morgan fingerprint density at radius 3 is 2.37 bits per heavy atom. The van der Waals surface area contributed by atoms with Crippen LogP contribution in [0, 0.1) is 12.8 Å². The number of anilines is 1. The number of hydrogen-bond donors (Lipinski definition) is 3. The molecule has 0 aromatic heterocycles. The summed E-state index contributed by atoms with van der Waals surface area (Å²) in [6.07, 6.45) is 8.20. The number of allylic oxidation sites excluding steroid dienone is 2. The lowest BCUT2D eigenvalue weighted by atomic mass is 9.63. The largest absolute Gasteiger partial charge is 0.508 e. The molecule has 1 heterocycles. The van der Waals surface area contributed by atoms with Gasteiger partial charge in [-0.2, -0.15) is 0 Å². The molecule has 2 aromatic carbocycles. The molecule has 1 atom stereocenters. The lowest BCUT2D eigenvalue weighted by Crippen LogP contribution is -2.43. The molecule has 1 amide bonds. The maximum absolute atomic E-state index is 13.5. The zero-order valence-electron chi connectivity index (χ0n) is 15.5. The van der Waals surface area contributed by atoms with Crippen molar-refractivity contribution in [3.63, 3.8) is 0 Å². The molecule has 27 heavy (non-hydrogen) atoms. The number of phenolic OH excluding ortho intramolecular Hbond substituents is 1. The molecular formula is C23H25NO3. The lowest BCUT2D eigenvalue weighted by Gasteiger charge is -2.36. The molecule has 0 fully saturated rings. The number of phenols is 1. The van der Waals surface area contributed by atoms with Gasteiger partial charge < -0.3 is 15.5 Å². The van der Waals surface area contributed by atoms with Gasteiger partial charge in [-0.1, -0.05) is 36.4 Å². The van der Waals surface area contributed by atoms with E-state index in [-0.39, 0.29) is 24.2 Å². The molecule has 1 aliphatic heterocycles. The van der Waals surface area contributed by atoms with Crippen LogP contribution < -0.4 is 5.32 Å². The minimum atomic E-state index is -0.770. The van der Waals surface area contributed by atoms with Crippen molar-refractivity contribution in [1.82, 2.24) is 0 Å². The summed E-state index contributed by atoms with van der Waals surface area (Å²) in [5, 5.41) is 22.5. The number of hydrogen-bond acceptors (Lipinski definition) is 3. The molecule has 4 nitrogen and oxygen atoms in total. The van der Waals surface area contributed by atoms with Crippen LogP contribution in [0.5, 0.6) is 5.75 Å². The first-order valence-electron chi connectivity index (χ1n) is 9.58. The third-order valence-corrected chi connectivity index (χ3v) is 6.23. The fourth-order valence-corrected chi connectivity index (χ4v) is 4.81.